The molecule has 2 N–H and O–H groups in total. The summed E-state index contributed by atoms with van der Waals surface area (Å²) in [6.45, 7) is 7.23. The van der Waals surface area contributed by atoms with Crippen molar-refractivity contribution in [1.29, 1.82) is 0 Å². The number of hydrogen-bond acceptors (Lipinski definition) is 3. The van der Waals surface area contributed by atoms with E-state index in [0.29, 0.717) is 5.92 Å². The Morgan fingerprint density at radius 1 is 1.60 bits per heavy atom. The van der Waals surface area contributed by atoms with Crippen molar-refractivity contribution in [1.82, 2.24) is 14.7 Å². The van der Waals surface area contributed by atoms with Gasteiger partial charge in [0.05, 0.1) is 6.20 Å². The molecule has 0 aromatic carbocycles. The predicted molar refractivity (Wildman–Crippen MR) is 60.3 cm³/mol. The van der Waals surface area contributed by atoms with E-state index in [-0.39, 0.29) is 0 Å². The minimum Gasteiger partial charge on any atom is -0.330 e. The number of rotatable bonds is 4. The molecule has 1 unspecified atom stereocenters. The first-order chi connectivity index (χ1) is 7.31. The van der Waals surface area contributed by atoms with Crippen molar-refractivity contribution >= 4 is 0 Å². The van der Waals surface area contributed by atoms with Gasteiger partial charge in [-0.05, 0) is 32.4 Å². The average Bonchev–Trinajstić information content (AvgIpc) is 2.87. The number of nitrogens with two attached hydrogens (primary N) is 1. The summed E-state index contributed by atoms with van der Waals surface area (Å²) in [6.07, 6.45) is 5.35. The second kappa shape index (κ2) is 4.77. The van der Waals surface area contributed by atoms with Crippen LogP contribution in [0.1, 0.15) is 18.9 Å². The Bertz CT molecular complexity index is 307. The summed E-state index contributed by atoms with van der Waals surface area (Å²) in [4.78, 5) is 2.47. The van der Waals surface area contributed by atoms with Crippen molar-refractivity contribution in [3.63, 3.8) is 0 Å². The third-order valence-corrected chi connectivity index (χ3v) is 3.12. The zero-order valence-electron chi connectivity index (χ0n) is 9.39. The lowest BCUT2D eigenvalue weighted by molar-refractivity contribution is 0.318. The Labute approximate surface area is 91.1 Å². The molecule has 2 heterocycles. The molecule has 1 aliphatic rings. The maximum Gasteiger partial charge on any atom is 0.0534 e. The maximum absolute atomic E-state index is 5.67. The maximum atomic E-state index is 5.67. The van der Waals surface area contributed by atoms with Gasteiger partial charge in [0, 0.05) is 31.4 Å². The summed E-state index contributed by atoms with van der Waals surface area (Å²) in [5.41, 5.74) is 6.99. The molecular weight excluding hydrogens is 188 g/mol. The van der Waals surface area contributed by atoms with Crippen LogP contribution < -0.4 is 5.73 Å². The second-order valence-corrected chi connectivity index (χ2v) is 4.33. The molecule has 0 spiro atoms. The highest BCUT2D eigenvalue weighted by molar-refractivity contribution is 5.04. The van der Waals surface area contributed by atoms with E-state index in [2.05, 4.69) is 23.1 Å². The molecule has 1 fully saturated rings. The van der Waals surface area contributed by atoms with Crippen molar-refractivity contribution in [2.75, 3.05) is 19.6 Å². The highest BCUT2D eigenvalue weighted by Crippen LogP contribution is 2.17. The van der Waals surface area contributed by atoms with Crippen LogP contribution in [0.3, 0.4) is 0 Å². The number of hydrogen-bond donors (Lipinski definition) is 1. The lowest BCUT2D eigenvalue weighted by atomic mass is 10.1. The Hall–Kier alpha value is -0.870. The smallest absolute Gasteiger partial charge is 0.0534 e. The molecule has 1 atom stereocenters. The van der Waals surface area contributed by atoms with Crippen molar-refractivity contribution < 1.29 is 0 Å². The van der Waals surface area contributed by atoms with Gasteiger partial charge < -0.3 is 5.73 Å². The van der Waals surface area contributed by atoms with E-state index >= 15 is 0 Å². The standard InChI is InChI=1S/C11H20N4/c1-2-15-9-11(6-13-15)8-14-4-3-10(5-12)7-14/h6,9-10H,2-5,7-8,12H2,1H3. The summed E-state index contributed by atoms with van der Waals surface area (Å²) in [6, 6.07) is 0. The van der Waals surface area contributed by atoms with Crippen LogP contribution in [0, 0.1) is 5.92 Å². The van der Waals surface area contributed by atoms with Crippen LogP contribution in [-0.4, -0.2) is 34.3 Å². The van der Waals surface area contributed by atoms with Crippen LogP contribution in [0.4, 0.5) is 0 Å². The lowest BCUT2D eigenvalue weighted by Crippen LogP contribution is -2.22. The summed E-state index contributed by atoms with van der Waals surface area (Å²) >= 11 is 0. The summed E-state index contributed by atoms with van der Waals surface area (Å²) in [5, 5.41) is 4.28. The van der Waals surface area contributed by atoms with Gasteiger partial charge in [0.2, 0.25) is 0 Å². The van der Waals surface area contributed by atoms with Crippen LogP contribution in [0.15, 0.2) is 12.4 Å². The summed E-state index contributed by atoms with van der Waals surface area (Å²) < 4.78 is 1.98. The van der Waals surface area contributed by atoms with Gasteiger partial charge in [-0.3, -0.25) is 9.58 Å². The van der Waals surface area contributed by atoms with Gasteiger partial charge in [-0.2, -0.15) is 5.10 Å². The zero-order valence-corrected chi connectivity index (χ0v) is 9.39. The number of aromatic nitrogens is 2. The Kier molecular flexibility index (Phi) is 3.38. The Morgan fingerprint density at radius 3 is 3.07 bits per heavy atom. The van der Waals surface area contributed by atoms with E-state index in [9.17, 15) is 0 Å². The molecule has 1 saturated heterocycles. The first-order valence-corrected chi connectivity index (χ1v) is 5.75. The van der Waals surface area contributed by atoms with Gasteiger partial charge in [0.15, 0.2) is 0 Å². The molecule has 4 nitrogen and oxygen atoms in total. The molecule has 1 aliphatic heterocycles. The first kappa shape index (κ1) is 10.6. The van der Waals surface area contributed by atoms with E-state index in [0.717, 1.165) is 26.2 Å². The SMILES string of the molecule is CCn1cc(CN2CCC(CN)C2)cn1. The van der Waals surface area contributed by atoms with E-state index in [1.165, 1.54) is 18.5 Å². The minimum atomic E-state index is 0.700. The molecule has 2 rings (SSSR count). The quantitative estimate of drug-likeness (QED) is 0.791. The van der Waals surface area contributed by atoms with Crippen molar-refractivity contribution in [2.24, 2.45) is 11.7 Å². The largest absolute Gasteiger partial charge is 0.330 e. The van der Waals surface area contributed by atoms with E-state index in [1.54, 1.807) is 0 Å². The zero-order chi connectivity index (χ0) is 10.7. The van der Waals surface area contributed by atoms with E-state index < -0.39 is 0 Å². The fourth-order valence-corrected chi connectivity index (χ4v) is 2.17. The number of likely N-dealkylation sites (tertiary alicyclic amines) is 1. The number of nitrogens with zero attached hydrogens (tertiary/aromatic N) is 3. The fourth-order valence-electron chi connectivity index (χ4n) is 2.17. The third kappa shape index (κ3) is 2.58. The van der Waals surface area contributed by atoms with Crippen molar-refractivity contribution in [3.05, 3.63) is 18.0 Å². The van der Waals surface area contributed by atoms with Crippen molar-refractivity contribution in [3.8, 4) is 0 Å². The van der Waals surface area contributed by atoms with Crippen LogP contribution in [-0.2, 0) is 13.1 Å². The van der Waals surface area contributed by atoms with E-state index in [4.69, 9.17) is 5.73 Å². The highest BCUT2D eigenvalue weighted by Gasteiger charge is 2.21. The molecular formula is C11H20N4. The highest BCUT2D eigenvalue weighted by atomic mass is 15.3. The summed E-state index contributed by atoms with van der Waals surface area (Å²) in [7, 11) is 0. The minimum absolute atomic E-state index is 0.700. The molecule has 4 heteroatoms. The number of aryl methyl sites for hydroxylation is 1. The molecule has 0 amide bonds. The molecule has 1 aromatic rings. The average molecular weight is 208 g/mol. The first-order valence-electron chi connectivity index (χ1n) is 5.75. The fraction of sp³-hybridized carbons (Fsp3) is 0.727. The van der Waals surface area contributed by atoms with Gasteiger partial charge in [-0.15, -0.1) is 0 Å². The molecule has 84 valence electrons. The van der Waals surface area contributed by atoms with Crippen LogP contribution in [0.5, 0.6) is 0 Å². The third-order valence-electron chi connectivity index (χ3n) is 3.12. The molecule has 0 radical (unpaired) electrons. The Balaban J connectivity index is 1.87. The molecule has 0 saturated carbocycles. The predicted octanol–water partition coefficient (Wildman–Crippen LogP) is 0.684. The molecule has 1 aromatic heterocycles. The lowest BCUT2D eigenvalue weighted by Gasteiger charge is -2.13. The Morgan fingerprint density at radius 2 is 2.47 bits per heavy atom. The van der Waals surface area contributed by atoms with Gasteiger partial charge in [-0.25, -0.2) is 0 Å². The van der Waals surface area contributed by atoms with Gasteiger partial charge in [0.1, 0.15) is 0 Å². The van der Waals surface area contributed by atoms with Gasteiger partial charge in [-0.1, -0.05) is 0 Å². The summed E-state index contributed by atoms with van der Waals surface area (Å²) in [5.74, 6) is 0.700. The van der Waals surface area contributed by atoms with Crippen LogP contribution in [0.25, 0.3) is 0 Å². The second-order valence-electron chi connectivity index (χ2n) is 4.33. The molecule has 0 bridgehead atoms. The molecule has 15 heavy (non-hydrogen) atoms. The molecule has 0 aliphatic carbocycles. The van der Waals surface area contributed by atoms with E-state index in [1.807, 2.05) is 10.9 Å². The van der Waals surface area contributed by atoms with Crippen LogP contribution in [0.2, 0.25) is 0 Å². The normalized spacial score (nSPS) is 22.4. The van der Waals surface area contributed by atoms with Crippen molar-refractivity contribution in [2.45, 2.75) is 26.4 Å². The topological polar surface area (TPSA) is 47.1 Å². The van der Waals surface area contributed by atoms with Gasteiger partial charge in [0.25, 0.3) is 0 Å². The monoisotopic (exact) mass is 208 g/mol. The van der Waals surface area contributed by atoms with Gasteiger partial charge >= 0.3 is 0 Å². The van der Waals surface area contributed by atoms with Crippen LogP contribution >= 0.6 is 0 Å².